The Morgan fingerprint density at radius 3 is 1.37 bits per heavy atom. The molecule has 0 radical (unpaired) electrons. The molecule has 0 heterocycles. The average Bonchev–Trinajstić information content (AvgIpc) is 1.37. The van der Waals surface area contributed by atoms with Gasteiger partial charge in [0.25, 0.3) is 23.2 Å². The van der Waals surface area contributed by atoms with E-state index >= 15 is 8.78 Å². The van der Waals surface area contributed by atoms with Crippen molar-refractivity contribution in [1.29, 1.82) is 0 Å². The number of nitro benzene ring substituents is 2. The summed E-state index contributed by atoms with van der Waals surface area (Å²) < 4.78 is 36.5. The molecule has 0 aromatic heterocycles. The van der Waals surface area contributed by atoms with Gasteiger partial charge in [0.1, 0.15) is 30.5 Å². The second kappa shape index (κ2) is 28.4. The molecule has 6 fully saturated rings. The maximum atomic E-state index is 17.4. The number of amides is 2. The van der Waals surface area contributed by atoms with Crippen LogP contribution in [0.15, 0.2) is 96.1 Å². The van der Waals surface area contributed by atoms with Crippen molar-refractivity contribution in [3.8, 4) is 0 Å². The van der Waals surface area contributed by atoms with Crippen LogP contribution in [0.2, 0.25) is 0 Å². The molecule has 0 unspecified atom stereocenters. The number of nitrogens with one attached hydrogen (secondary N) is 2. The molecule has 23 nitrogen and oxygen atoms in total. The summed E-state index contributed by atoms with van der Waals surface area (Å²) in [5, 5.41) is 113. The molecule has 98 heavy (non-hydrogen) atoms. The van der Waals surface area contributed by atoms with Gasteiger partial charge in [-0.1, -0.05) is 97.4 Å². The summed E-state index contributed by atoms with van der Waals surface area (Å²) in [6, 6.07) is 8.12. The van der Waals surface area contributed by atoms with Crippen LogP contribution in [0.3, 0.4) is 0 Å². The van der Waals surface area contributed by atoms with E-state index in [9.17, 15) is 89.8 Å². The maximum Gasteiger partial charge on any atom is 0.269 e. The Kier molecular flexibility index (Phi) is 22.6. The van der Waals surface area contributed by atoms with Gasteiger partial charge in [0.05, 0.1) is 46.8 Å². The minimum absolute atomic E-state index is 0.0372. The molecule has 538 valence electrons. The van der Waals surface area contributed by atoms with Crippen molar-refractivity contribution >= 4 is 92.7 Å². The number of fused-ring (bicyclic) bond motifs is 10. The summed E-state index contributed by atoms with van der Waals surface area (Å²) in [5.41, 5.74) is -10.7. The van der Waals surface area contributed by atoms with Gasteiger partial charge in [-0.25, -0.2) is 8.78 Å². The molecule has 6 saturated carbocycles. The third-order valence-electron chi connectivity index (χ3n) is 23.5. The number of hydrogen-bond acceptors (Lipinski definition) is 19. The first kappa shape index (κ1) is 78.2. The number of ketones is 4. The minimum Gasteiger partial charge on any atom is -0.394 e. The van der Waals surface area contributed by atoms with E-state index in [1.807, 2.05) is 0 Å². The zero-order chi connectivity index (χ0) is 73.2. The molecule has 2 aromatic carbocycles. The van der Waals surface area contributed by atoms with E-state index in [2.05, 4.69) is 10.6 Å². The first-order valence-corrected chi connectivity index (χ1v) is 34.0. The number of Topliss-reactive ketones (excluding diaryl/α,β-unsaturated/α-hetero) is 2. The Bertz CT molecular complexity index is 3590. The van der Waals surface area contributed by atoms with Crippen molar-refractivity contribution in [3.05, 3.63) is 127 Å². The van der Waals surface area contributed by atoms with Crippen molar-refractivity contribution in [1.82, 2.24) is 10.6 Å². The average molecular weight is 1460 g/mol. The highest BCUT2D eigenvalue weighted by atomic mass is 35.5. The van der Waals surface area contributed by atoms with Crippen LogP contribution in [0.4, 0.5) is 20.2 Å². The number of aliphatic hydroxyl groups excluding tert-OH is 6. The fourth-order valence-electron chi connectivity index (χ4n) is 18.1. The van der Waals surface area contributed by atoms with E-state index in [-0.39, 0.29) is 60.3 Å². The van der Waals surface area contributed by atoms with Gasteiger partial charge < -0.3 is 56.2 Å². The number of aliphatic hydroxyl groups is 8. The van der Waals surface area contributed by atoms with Gasteiger partial charge in [0, 0.05) is 64.4 Å². The van der Waals surface area contributed by atoms with Gasteiger partial charge in [-0.05, 0) is 169 Å². The van der Waals surface area contributed by atoms with Gasteiger partial charge >= 0.3 is 0 Å². The van der Waals surface area contributed by atoms with Gasteiger partial charge in [0.15, 0.2) is 43.1 Å². The fraction of sp³-hybridized carbons (Fsp3) is 0.623. The number of non-ortho nitro benzene ring substituents is 2. The molecule has 2 aromatic rings. The summed E-state index contributed by atoms with van der Waals surface area (Å²) in [5.74, 6) is -6.23. The normalized spacial score (nSPS) is 36.3. The van der Waals surface area contributed by atoms with Crippen molar-refractivity contribution in [3.63, 3.8) is 0 Å². The Morgan fingerprint density at radius 1 is 0.643 bits per heavy atom. The number of hydrogen-bond donors (Lipinski definition) is 10. The highest BCUT2D eigenvalue weighted by molar-refractivity contribution is 6.58. The molecular weight excluding hydrogens is 1370 g/mol. The van der Waals surface area contributed by atoms with Crippen LogP contribution < -0.4 is 10.6 Å². The summed E-state index contributed by atoms with van der Waals surface area (Å²) in [7, 11) is 0. The Balaban J connectivity index is 0.000000210. The largest absolute Gasteiger partial charge is 0.394 e. The highest BCUT2D eigenvalue weighted by Gasteiger charge is 2.77. The molecule has 0 bridgehead atoms. The van der Waals surface area contributed by atoms with E-state index in [0.717, 1.165) is 0 Å². The van der Waals surface area contributed by atoms with Crippen LogP contribution in [0.1, 0.15) is 137 Å². The third-order valence-corrected chi connectivity index (χ3v) is 24.2. The van der Waals surface area contributed by atoms with Crippen molar-refractivity contribution in [2.75, 3.05) is 26.4 Å². The molecule has 10 rings (SSSR count). The lowest BCUT2D eigenvalue weighted by atomic mass is 9.44. The second-order valence-electron chi connectivity index (χ2n) is 28.9. The Hall–Kier alpha value is -5.52. The number of halogens is 6. The van der Waals surface area contributed by atoms with Crippen LogP contribution in [0, 0.1) is 77.4 Å². The predicted octanol–water partition coefficient (Wildman–Crippen LogP) is 7.83. The van der Waals surface area contributed by atoms with E-state index < -0.39 is 172 Å². The molecule has 10 N–H and O–H groups in total. The summed E-state index contributed by atoms with van der Waals surface area (Å²) in [4.78, 5) is 95.1. The highest BCUT2D eigenvalue weighted by Crippen LogP contribution is 2.73. The van der Waals surface area contributed by atoms with Crippen LogP contribution in [-0.4, -0.2) is 168 Å². The Morgan fingerprint density at radius 2 is 1.01 bits per heavy atom. The van der Waals surface area contributed by atoms with Crippen molar-refractivity contribution in [2.45, 2.75) is 181 Å². The number of alkyl halides is 6. The number of carbonyl (C=O) groups is 6. The molecule has 0 spiro atoms. The molecule has 20 atom stereocenters. The van der Waals surface area contributed by atoms with E-state index in [4.69, 9.17) is 51.1 Å². The van der Waals surface area contributed by atoms with E-state index in [1.54, 1.807) is 53.7 Å². The third kappa shape index (κ3) is 13.3. The number of benzene rings is 2. The first-order chi connectivity index (χ1) is 45.3. The molecular formula is C69H86Cl4F2N4O19. The molecule has 8 aliphatic rings. The van der Waals surface area contributed by atoms with Crippen LogP contribution >= 0.6 is 46.4 Å². The smallest absolute Gasteiger partial charge is 0.269 e. The lowest BCUT2D eigenvalue weighted by molar-refractivity contribution is -0.385. The lowest BCUT2D eigenvalue weighted by Crippen LogP contribution is -2.69. The quantitative estimate of drug-likeness (QED) is 0.0277. The number of ether oxygens (including phenoxy) is 1. The van der Waals surface area contributed by atoms with Gasteiger partial charge in [0.2, 0.25) is 0 Å². The monoisotopic (exact) mass is 1450 g/mol. The number of nitro groups is 2. The van der Waals surface area contributed by atoms with Gasteiger partial charge in [-0.2, -0.15) is 0 Å². The predicted molar refractivity (Wildman–Crippen MR) is 356 cm³/mol. The fourth-order valence-corrected chi connectivity index (χ4v) is 18.3. The van der Waals surface area contributed by atoms with E-state index in [0.29, 0.717) is 55.2 Å². The second-order valence-corrected chi connectivity index (χ2v) is 32.3. The Labute approximate surface area is 585 Å². The standard InChI is InChI=1S/C35H43Cl2FN2O9.C22H29FO5.C12H14Cl2N2O5/c1-19-15-25-24-10-7-21-16-23(41)11-13-31(21,2)34(24,38)27(42)17-32(25,3)35(19,46)28(43)18-49-14-12-26(39-30(45)33(4,36)37)29(44)20-5-8-22(9-6-20)40(47)48;1-12-8-16-15-5-4-13-9-14(25)6-7-19(13,2)21(15,23)17(26)10-20(16,3)22(12,28)18(27)11-24;1-12(13,14)11(19)15-9(6-17)10(18)7-2-4-8(5-3-7)16(20)21/h5-6,8-9,11,13,16,19,24-27,29,42,44,46H,7,10,12,14-15,17-18H2,1-4H3,(H,39,45);6-7,9,12,15-17,24,26,28H,4-5,8,10-11H2,1-3H3;2-5,9-10,17-18H,6H2,1H3,(H,15,19)/t19-,24-,25-,26+,27-,29+,31-,32-,34-,35-;12-,15-,16-,17-,19-,20-,21-,22-;9-,10-/m001/s1. The zero-order valence-corrected chi connectivity index (χ0v) is 58.5. The van der Waals surface area contributed by atoms with Gasteiger partial charge in [-0.15, -0.1) is 0 Å². The summed E-state index contributed by atoms with van der Waals surface area (Å²) in [6.07, 6.45) is 5.61. The number of carbonyl (C=O) groups excluding carboxylic acids is 6. The van der Waals surface area contributed by atoms with Crippen molar-refractivity contribution in [2.24, 2.45) is 57.2 Å². The van der Waals surface area contributed by atoms with Crippen molar-refractivity contribution < 1.29 is 93.0 Å². The maximum absolute atomic E-state index is 17.4. The van der Waals surface area contributed by atoms with Gasteiger partial charge in [-0.3, -0.25) is 49.0 Å². The molecule has 29 heteroatoms. The topological polar surface area (TPSA) is 384 Å². The summed E-state index contributed by atoms with van der Waals surface area (Å²) >= 11 is 23.1. The minimum atomic E-state index is -2.10. The van der Waals surface area contributed by atoms with Crippen LogP contribution in [0.5, 0.6) is 0 Å². The summed E-state index contributed by atoms with van der Waals surface area (Å²) in [6.45, 7) is 10.9. The lowest BCUT2D eigenvalue weighted by Gasteiger charge is -2.62. The number of allylic oxidation sites excluding steroid dienone is 8. The zero-order valence-electron chi connectivity index (χ0n) is 55.4. The number of nitrogens with zero attached hydrogens (tertiary/aromatic N) is 2. The van der Waals surface area contributed by atoms with Crippen LogP contribution in [-0.2, 0) is 33.5 Å². The number of rotatable bonds is 19. The molecule has 0 saturated heterocycles. The van der Waals surface area contributed by atoms with Crippen LogP contribution in [0.25, 0.3) is 0 Å². The van der Waals surface area contributed by atoms with E-state index in [1.165, 1.54) is 86.7 Å². The first-order valence-electron chi connectivity index (χ1n) is 32.5. The molecule has 2 amide bonds. The SMILES string of the molecule is CC(Cl)(Cl)C(=O)N[C@H](CO)[C@H](O)c1ccc([N+](=O)[O-])cc1.C[C@H]1C[C@H]2[C@@H]3CCC4=CC(=O)C=C[C@]4(C)[C@@]3(F)[C@@H](O)C[C@]2(C)[C@@]1(O)C(=O)CO.C[C@H]1C[C@H]2[C@@H]3CCC4=CC(=O)C=C[C@]4(C)[C@@]3(F)[C@@H](O)C[C@]2(C)[C@@]1(O)C(=O)COCC[C@@H](NC(=O)C(C)(Cl)Cl)[C@H](O)c1ccc([N+](=O)[O-])cc1. The molecule has 8 aliphatic carbocycles. The molecule has 0 aliphatic heterocycles.